The molecule has 0 saturated heterocycles. The van der Waals surface area contributed by atoms with Crippen LogP contribution in [0.1, 0.15) is 63.1 Å². The van der Waals surface area contributed by atoms with Crippen LogP contribution in [0.15, 0.2) is 115 Å². The van der Waals surface area contributed by atoms with Crippen LogP contribution in [0.5, 0.6) is 0 Å². The first kappa shape index (κ1) is 37.1. The van der Waals surface area contributed by atoms with Crippen LogP contribution < -0.4 is 5.32 Å². The fourth-order valence-corrected chi connectivity index (χ4v) is 5.72. The Morgan fingerprint density at radius 2 is 1.12 bits per heavy atom. The van der Waals surface area contributed by atoms with E-state index in [9.17, 15) is 19.2 Å². The summed E-state index contributed by atoms with van der Waals surface area (Å²) in [7, 11) is 0. The first-order valence-corrected chi connectivity index (χ1v) is 17.1. The summed E-state index contributed by atoms with van der Waals surface area (Å²) < 4.78 is 23.1. The van der Waals surface area contributed by atoms with E-state index >= 15 is 0 Å². The van der Waals surface area contributed by atoms with Gasteiger partial charge in [0, 0.05) is 21.8 Å². The van der Waals surface area contributed by atoms with Crippen molar-refractivity contribution in [3.8, 4) is 11.3 Å². The zero-order chi connectivity index (χ0) is 37.0. The van der Waals surface area contributed by atoms with E-state index in [2.05, 4.69) is 5.32 Å². The smallest absolute Gasteiger partial charge is 0.356 e. The van der Waals surface area contributed by atoms with Gasteiger partial charge in [0.25, 0.3) is 0 Å². The summed E-state index contributed by atoms with van der Waals surface area (Å²) in [6.07, 6.45) is 0. The van der Waals surface area contributed by atoms with Crippen molar-refractivity contribution in [1.29, 1.82) is 0 Å². The van der Waals surface area contributed by atoms with Gasteiger partial charge in [0.1, 0.15) is 16.8 Å². The minimum absolute atomic E-state index is 0.0405. The summed E-state index contributed by atoms with van der Waals surface area (Å²) in [6.45, 7) is 4.03. The average molecular weight is 721 g/mol. The molecule has 11 heteroatoms. The second kappa shape index (κ2) is 17.7. The number of para-hydroxylation sites is 1. The van der Waals surface area contributed by atoms with E-state index in [0.29, 0.717) is 38.8 Å². The Kier molecular flexibility index (Phi) is 12.6. The number of nitrogens with zero attached hydrogens (tertiary/aromatic N) is 1. The molecular formula is C41H37ClN2O8. The van der Waals surface area contributed by atoms with Crippen LogP contribution in [0.25, 0.3) is 22.7 Å². The first-order chi connectivity index (χ1) is 25.3. The first-order valence-electron chi connectivity index (χ1n) is 16.7. The molecule has 5 aromatic rings. The van der Waals surface area contributed by atoms with Crippen molar-refractivity contribution < 1.29 is 38.1 Å². The van der Waals surface area contributed by atoms with Crippen molar-refractivity contribution in [2.45, 2.75) is 20.8 Å². The largest absolute Gasteiger partial charge is 0.463 e. The maximum absolute atomic E-state index is 14.5. The molecule has 0 spiro atoms. The highest BCUT2D eigenvalue weighted by Gasteiger charge is 2.39. The number of esters is 4. The average Bonchev–Trinajstić information content (AvgIpc) is 3.51. The van der Waals surface area contributed by atoms with E-state index in [4.69, 9.17) is 30.5 Å². The number of rotatable bonds is 14. The zero-order valence-electron chi connectivity index (χ0n) is 28.9. The molecule has 0 aliphatic heterocycles. The lowest BCUT2D eigenvalue weighted by Crippen LogP contribution is -2.22. The van der Waals surface area contributed by atoms with Gasteiger partial charge in [-0.15, -0.1) is 0 Å². The second-order valence-electron chi connectivity index (χ2n) is 11.1. The van der Waals surface area contributed by atoms with Gasteiger partial charge in [-0.1, -0.05) is 103 Å². The molecule has 5 rings (SSSR count). The van der Waals surface area contributed by atoms with Gasteiger partial charge in [-0.25, -0.2) is 19.2 Å². The van der Waals surface area contributed by atoms with Crippen LogP contribution in [0.2, 0.25) is 5.02 Å². The number of carbonyl (C=O) groups is 4. The van der Waals surface area contributed by atoms with Gasteiger partial charge in [-0.05, 0) is 50.6 Å². The molecule has 52 heavy (non-hydrogen) atoms. The van der Waals surface area contributed by atoms with E-state index in [-0.39, 0.29) is 36.8 Å². The Bertz CT molecular complexity index is 2060. The van der Waals surface area contributed by atoms with Crippen LogP contribution in [0, 0.1) is 0 Å². The summed E-state index contributed by atoms with van der Waals surface area (Å²) in [5, 5.41) is 3.94. The number of hydrogen-bond donors (Lipinski definition) is 1. The third-order valence-electron chi connectivity index (χ3n) is 7.68. The monoisotopic (exact) mass is 720 g/mol. The standard InChI is InChI=1S/C41H37ClN2O8/c1-4-49-32(45)26-52-41(48)38-34(40(47)51-6-3)33(39(46)50-5-2)36(29-22-24-30(42)25-23-29)44(38)37(28-18-12-8-13-19-28)35(27-16-10-7-11-17-27)43-31-20-14-9-15-21-31/h7-25,43H,4-6,26H2,1-3H3/b37-35-. The Balaban J connectivity index is 2.04. The number of halogens is 1. The molecule has 0 unspecified atom stereocenters. The molecular weight excluding hydrogens is 684 g/mol. The molecule has 266 valence electrons. The van der Waals surface area contributed by atoms with Crippen LogP contribution in [-0.2, 0) is 23.7 Å². The van der Waals surface area contributed by atoms with E-state index in [0.717, 1.165) is 0 Å². The SMILES string of the molecule is CCOC(=O)COC(=O)c1c(C(=O)OCC)c(C(=O)OCC)c(-c2ccc(Cl)cc2)n1/C(=C(\Nc1ccccc1)c1ccccc1)c1ccccc1. The molecule has 0 amide bonds. The van der Waals surface area contributed by atoms with E-state index in [1.807, 2.05) is 91.0 Å². The quantitative estimate of drug-likeness (QED) is 0.0685. The molecule has 1 N–H and O–H groups in total. The fourth-order valence-electron chi connectivity index (χ4n) is 5.59. The van der Waals surface area contributed by atoms with Crippen LogP contribution in [0.3, 0.4) is 0 Å². The zero-order valence-corrected chi connectivity index (χ0v) is 29.6. The number of carbonyl (C=O) groups excluding carboxylic acids is 4. The van der Waals surface area contributed by atoms with Crippen molar-refractivity contribution in [3.63, 3.8) is 0 Å². The Morgan fingerprint density at radius 3 is 1.67 bits per heavy atom. The molecule has 1 heterocycles. The van der Waals surface area contributed by atoms with Gasteiger partial charge in [0.05, 0.1) is 36.9 Å². The van der Waals surface area contributed by atoms with E-state index in [1.54, 1.807) is 45.0 Å². The van der Waals surface area contributed by atoms with Gasteiger partial charge in [-0.3, -0.25) is 4.57 Å². The molecule has 0 aliphatic carbocycles. The minimum atomic E-state index is -1.09. The summed E-state index contributed by atoms with van der Waals surface area (Å²) in [5.41, 5.74) is 2.33. The van der Waals surface area contributed by atoms with Crippen LogP contribution >= 0.6 is 11.6 Å². The Morgan fingerprint density at radius 1 is 0.596 bits per heavy atom. The van der Waals surface area contributed by atoms with Gasteiger partial charge in [-0.2, -0.15) is 0 Å². The third kappa shape index (κ3) is 8.42. The van der Waals surface area contributed by atoms with Crippen LogP contribution in [-0.4, -0.2) is 54.9 Å². The number of ether oxygens (including phenoxy) is 4. The highest BCUT2D eigenvalue weighted by molar-refractivity contribution is 6.30. The molecule has 0 aliphatic rings. The number of anilines is 1. The third-order valence-corrected chi connectivity index (χ3v) is 7.93. The lowest BCUT2D eigenvalue weighted by molar-refractivity contribution is -0.146. The molecule has 4 aromatic carbocycles. The minimum Gasteiger partial charge on any atom is -0.463 e. The second-order valence-corrected chi connectivity index (χ2v) is 11.5. The number of hydrogen-bond acceptors (Lipinski definition) is 9. The molecule has 0 bridgehead atoms. The summed E-state index contributed by atoms with van der Waals surface area (Å²) in [4.78, 5) is 55.2. The highest BCUT2D eigenvalue weighted by atomic mass is 35.5. The van der Waals surface area contributed by atoms with E-state index in [1.165, 1.54) is 4.57 Å². The van der Waals surface area contributed by atoms with Gasteiger partial charge in [0.15, 0.2) is 6.61 Å². The van der Waals surface area contributed by atoms with Gasteiger partial charge < -0.3 is 24.3 Å². The van der Waals surface area contributed by atoms with Crippen molar-refractivity contribution in [2.24, 2.45) is 0 Å². The normalized spacial score (nSPS) is 11.2. The lowest BCUT2D eigenvalue weighted by atomic mass is 10.0. The lowest BCUT2D eigenvalue weighted by Gasteiger charge is -2.23. The van der Waals surface area contributed by atoms with Crippen molar-refractivity contribution >= 4 is 52.6 Å². The molecule has 1 aromatic heterocycles. The molecule has 0 fully saturated rings. The van der Waals surface area contributed by atoms with Crippen molar-refractivity contribution in [3.05, 3.63) is 148 Å². The van der Waals surface area contributed by atoms with E-state index < -0.39 is 36.0 Å². The summed E-state index contributed by atoms with van der Waals surface area (Å²) in [5.74, 6) is -3.77. The predicted octanol–water partition coefficient (Wildman–Crippen LogP) is 8.37. The molecule has 0 radical (unpaired) electrons. The van der Waals surface area contributed by atoms with Crippen LogP contribution in [0.4, 0.5) is 5.69 Å². The Hall–Kier alpha value is -6.13. The number of aromatic nitrogens is 1. The predicted molar refractivity (Wildman–Crippen MR) is 199 cm³/mol. The summed E-state index contributed by atoms with van der Waals surface area (Å²) >= 11 is 6.34. The molecule has 10 nitrogen and oxygen atoms in total. The van der Waals surface area contributed by atoms with Crippen molar-refractivity contribution in [2.75, 3.05) is 31.7 Å². The maximum atomic E-state index is 14.5. The van der Waals surface area contributed by atoms with Gasteiger partial charge >= 0.3 is 23.9 Å². The van der Waals surface area contributed by atoms with Gasteiger partial charge in [0.2, 0.25) is 0 Å². The van der Waals surface area contributed by atoms with Crippen molar-refractivity contribution in [1.82, 2.24) is 4.57 Å². The number of benzene rings is 4. The highest BCUT2D eigenvalue weighted by Crippen LogP contribution is 2.41. The maximum Gasteiger partial charge on any atom is 0.356 e. The fraction of sp³-hybridized carbons (Fsp3) is 0.171. The summed E-state index contributed by atoms with van der Waals surface area (Å²) in [6, 6.07) is 34.5. The molecule has 0 saturated carbocycles. The Labute approximate surface area is 306 Å². The number of nitrogens with one attached hydrogen (secondary N) is 1. The molecule has 0 atom stereocenters. The topological polar surface area (TPSA) is 122 Å².